The Morgan fingerprint density at radius 2 is 1.64 bits per heavy atom. The average Bonchev–Trinajstić information content (AvgIpc) is 2.88. The minimum Gasteiger partial charge on any atom is -0.497 e. The zero-order valence-electron chi connectivity index (χ0n) is 18.3. The van der Waals surface area contributed by atoms with Gasteiger partial charge in [-0.2, -0.15) is 0 Å². The van der Waals surface area contributed by atoms with E-state index in [1.807, 2.05) is 54.6 Å². The van der Waals surface area contributed by atoms with Crippen LogP contribution in [0, 0.1) is 0 Å². The number of hydrogen-bond acceptors (Lipinski definition) is 6. The molecule has 4 rings (SSSR count). The van der Waals surface area contributed by atoms with E-state index in [4.69, 9.17) is 14.2 Å². The van der Waals surface area contributed by atoms with Crippen LogP contribution >= 0.6 is 0 Å². The third-order valence-electron chi connectivity index (χ3n) is 4.96. The first kappa shape index (κ1) is 21.8. The van der Waals surface area contributed by atoms with Gasteiger partial charge in [0.1, 0.15) is 12.1 Å². The first-order valence-corrected chi connectivity index (χ1v) is 10.3. The fraction of sp³-hybridized carbons (Fsp3) is 0.115. The van der Waals surface area contributed by atoms with Gasteiger partial charge in [0.15, 0.2) is 11.5 Å². The lowest BCUT2D eigenvalue weighted by atomic mass is 10.1. The predicted octanol–water partition coefficient (Wildman–Crippen LogP) is 4.88. The number of methoxy groups -OCH3 is 2. The summed E-state index contributed by atoms with van der Waals surface area (Å²) in [6.07, 6.45) is 1.44. The van der Waals surface area contributed by atoms with Crippen LogP contribution < -0.4 is 19.5 Å². The maximum atomic E-state index is 12.5. The lowest BCUT2D eigenvalue weighted by Crippen LogP contribution is -2.22. The Bertz CT molecular complexity index is 1240. The molecule has 7 heteroatoms. The molecule has 166 valence electrons. The molecule has 0 aliphatic heterocycles. The summed E-state index contributed by atoms with van der Waals surface area (Å²) in [4.78, 5) is 21.0. The van der Waals surface area contributed by atoms with E-state index in [0.29, 0.717) is 35.2 Å². The fourth-order valence-corrected chi connectivity index (χ4v) is 3.23. The first-order chi connectivity index (χ1) is 16.2. The molecule has 0 aliphatic carbocycles. The number of rotatable bonds is 8. The van der Waals surface area contributed by atoms with Gasteiger partial charge in [-0.25, -0.2) is 9.97 Å². The quantitative estimate of drug-likeness (QED) is 0.420. The number of carbonyl (C=O) groups is 1. The molecule has 0 radical (unpaired) electrons. The van der Waals surface area contributed by atoms with Crippen molar-refractivity contribution in [2.24, 2.45) is 0 Å². The van der Waals surface area contributed by atoms with Gasteiger partial charge < -0.3 is 19.5 Å². The highest BCUT2D eigenvalue weighted by atomic mass is 16.5. The number of carbonyl (C=O) groups excluding carboxylic acids is 1. The molecule has 33 heavy (non-hydrogen) atoms. The van der Waals surface area contributed by atoms with Gasteiger partial charge in [-0.05, 0) is 42.0 Å². The molecule has 0 spiro atoms. The molecule has 0 saturated heterocycles. The van der Waals surface area contributed by atoms with E-state index in [-0.39, 0.29) is 5.91 Å². The molecule has 0 fully saturated rings. The van der Waals surface area contributed by atoms with Crippen LogP contribution in [0.1, 0.15) is 15.9 Å². The molecule has 1 heterocycles. The van der Waals surface area contributed by atoms with Crippen LogP contribution in [0.25, 0.3) is 11.3 Å². The Balaban J connectivity index is 1.43. The molecule has 7 nitrogen and oxygen atoms in total. The minimum atomic E-state index is -0.160. The molecule has 0 bridgehead atoms. The van der Waals surface area contributed by atoms with Crippen LogP contribution in [0.4, 0.5) is 0 Å². The Hall–Kier alpha value is -4.39. The fourth-order valence-electron chi connectivity index (χ4n) is 3.23. The number of benzene rings is 3. The zero-order valence-corrected chi connectivity index (χ0v) is 18.3. The molecule has 0 aliphatic rings. The highest BCUT2D eigenvalue weighted by molar-refractivity contribution is 5.94. The third kappa shape index (κ3) is 5.46. The summed E-state index contributed by atoms with van der Waals surface area (Å²) in [6.45, 7) is 0.410. The van der Waals surface area contributed by atoms with Gasteiger partial charge in [-0.3, -0.25) is 4.79 Å². The van der Waals surface area contributed by atoms with Gasteiger partial charge in [0, 0.05) is 23.7 Å². The zero-order chi connectivity index (χ0) is 23.0. The highest BCUT2D eigenvalue weighted by Gasteiger charge is 2.10. The van der Waals surface area contributed by atoms with E-state index < -0.39 is 0 Å². The lowest BCUT2D eigenvalue weighted by molar-refractivity contribution is 0.0951. The molecule has 0 unspecified atom stereocenters. The van der Waals surface area contributed by atoms with E-state index in [2.05, 4.69) is 15.3 Å². The summed E-state index contributed by atoms with van der Waals surface area (Å²) >= 11 is 0. The topological polar surface area (TPSA) is 82.6 Å². The minimum absolute atomic E-state index is 0.160. The van der Waals surface area contributed by atoms with Gasteiger partial charge in [0.2, 0.25) is 5.88 Å². The van der Waals surface area contributed by atoms with Crippen LogP contribution in [-0.4, -0.2) is 30.1 Å². The van der Waals surface area contributed by atoms with Crippen LogP contribution in [0.3, 0.4) is 0 Å². The van der Waals surface area contributed by atoms with Crippen molar-refractivity contribution in [2.75, 3.05) is 14.2 Å². The molecule has 1 aromatic heterocycles. The number of hydrogen-bond donors (Lipinski definition) is 1. The monoisotopic (exact) mass is 441 g/mol. The second-order valence-corrected chi connectivity index (χ2v) is 7.11. The lowest BCUT2D eigenvalue weighted by Gasteiger charge is -2.10. The van der Waals surface area contributed by atoms with Crippen LogP contribution in [0.2, 0.25) is 0 Å². The highest BCUT2D eigenvalue weighted by Crippen LogP contribution is 2.31. The van der Waals surface area contributed by atoms with Crippen molar-refractivity contribution in [2.45, 2.75) is 6.54 Å². The Morgan fingerprint density at radius 3 is 2.39 bits per heavy atom. The SMILES string of the molecule is COc1cccc(CNC(=O)c2ccc(-c3cc(Oc4ccccc4OC)ncn3)cc2)c1. The number of para-hydroxylation sites is 2. The van der Waals surface area contributed by atoms with Crippen molar-refractivity contribution in [3.63, 3.8) is 0 Å². The molecule has 1 N–H and O–H groups in total. The van der Waals surface area contributed by atoms with Crippen molar-refractivity contribution in [3.05, 3.63) is 96.3 Å². The maximum absolute atomic E-state index is 12.5. The second kappa shape index (κ2) is 10.3. The van der Waals surface area contributed by atoms with Gasteiger partial charge in [-0.15, -0.1) is 0 Å². The van der Waals surface area contributed by atoms with E-state index in [1.165, 1.54) is 6.33 Å². The normalized spacial score (nSPS) is 10.4. The maximum Gasteiger partial charge on any atom is 0.251 e. The Morgan fingerprint density at radius 1 is 0.848 bits per heavy atom. The Labute approximate surface area is 192 Å². The van der Waals surface area contributed by atoms with Crippen LogP contribution in [0.15, 0.2) is 85.2 Å². The van der Waals surface area contributed by atoms with Crippen molar-refractivity contribution in [1.82, 2.24) is 15.3 Å². The number of amides is 1. The summed E-state index contributed by atoms with van der Waals surface area (Å²) in [7, 11) is 3.20. The van der Waals surface area contributed by atoms with Gasteiger partial charge in [0.05, 0.1) is 19.9 Å². The van der Waals surface area contributed by atoms with Gasteiger partial charge in [0.25, 0.3) is 5.91 Å². The van der Waals surface area contributed by atoms with E-state index >= 15 is 0 Å². The van der Waals surface area contributed by atoms with E-state index in [1.54, 1.807) is 38.5 Å². The van der Waals surface area contributed by atoms with Crippen LogP contribution in [-0.2, 0) is 6.54 Å². The smallest absolute Gasteiger partial charge is 0.251 e. The largest absolute Gasteiger partial charge is 0.497 e. The molecule has 4 aromatic rings. The first-order valence-electron chi connectivity index (χ1n) is 10.3. The summed E-state index contributed by atoms with van der Waals surface area (Å²) in [5, 5.41) is 2.92. The summed E-state index contributed by atoms with van der Waals surface area (Å²) < 4.78 is 16.4. The number of nitrogens with zero attached hydrogens (tertiary/aromatic N) is 2. The number of ether oxygens (including phenoxy) is 3. The standard InChI is InChI=1S/C26H23N3O4/c1-31-21-7-5-6-18(14-21)16-27-26(30)20-12-10-19(11-13-20)22-15-25(29-17-28-22)33-24-9-4-3-8-23(24)32-2/h3-15,17H,16H2,1-2H3,(H,27,30). The van der Waals surface area contributed by atoms with Crippen molar-refractivity contribution in [3.8, 4) is 34.4 Å². The van der Waals surface area contributed by atoms with Gasteiger partial charge in [-0.1, -0.05) is 36.4 Å². The van der Waals surface area contributed by atoms with Crippen molar-refractivity contribution in [1.29, 1.82) is 0 Å². The Kier molecular flexibility index (Phi) is 6.80. The third-order valence-corrected chi connectivity index (χ3v) is 4.96. The van der Waals surface area contributed by atoms with E-state index in [9.17, 15) is 4.79 Å². The molecular formula is C26H23N3O4. The average molecular weight is 441 g/mol. The van der Waals surface area contributed by atoms with Gasteiger partial charge >= 0.3 is 0 Å². The molecular weight excluding hydrogens is 418 g/mol. The molecule has 0 saturated carbocycles. The summed E-state index contributed by atoms with van der Waals surface area (Å²) in [5.74, 6) is 2.16. The molecule has 1 amide bonds. The van der Waals surface area contributed by atoms with Crippen molar-refractivity contribution >= 4 is 5.91 Å². The summed E-state index contributed by atoms with van der Waals surface area (Å²) in [5.41, 5.74) is 3.04. The van der Waals surface area contributed by atoms with Crippen LogP contribution in [0.5, 0.6) is 23.1 Å². The van der Waals surface area contributed by atoms with E-state index in [0.717, 1.165) is 16.9 Å². The predicted molar refractivity (Wildman–Crippen MR) is 125 cm³/mol. The molecule has 0 atom stereocenters. The molecule has 3 aromatic carbocycles. The number of aromatic nitrogens is 2. The number of nitrogens with one attached hydrogen (secondary N) is 1. The summed E-state index contributed by atoms with van der Waals surface area (Å²) in [6, 6.07) is 23.9. The van der Waals surface area contributed by atoms with Crippen molar-refractivity contribution < 1.29 is 19.0 Å². The second-order valence-electron chi connectivity index (χ2n) is 7.11.